The van der Waals surface area contributed by atoms with Crippen LogP contribution in [0.2, 0.25) is 0 Å². The summed E-state index contributed by atoms with van der Waals surface area (Å²) in [6, 6.07) is 6.35. The van der Waals surface area contributed by atoms with Gasteiger partial charge in [-0.2, -0.15) is 0 Å². The minimum Gasteiger partial charge on any atom is -0.383 e. The first-order valence-corrected chi connectivity index (χ1v) is 6.49. The van der Waals surface area contributed by atoms with Crippen molar-refractivity contribution in [3.05, 3.63) is 29.3 Å². The van der Waals surface area contributed by atoms with Crippen molar-refractivity contribution in [2.75, 3.05) is 25.1 Å². The van der Waals surface area contributed by atoms with Crippen molar-refractivity contribution >= 4 is 5.69 Å². The highest BCUT2D eigenvalue weighted by Gasteiger charge is 1.99. The van der Waals surface area contributed by atoms with Crippen molar-refractivity contribution in [1.82, 2.24) is 0 Å². The molecule has 0 saturated carbocycles. The van der Waals surface area contributed by atoms with Crippen LogP contribution < -0.4 is 5.32 Å². The quantitative estimate of drug-likeness (QED) is 0.726. The van der Waals surface area contributed by atoms with E-state index in [1.807, 2.05) is 0 Å². The minimum atomic E-state index is 0.724. The number of hydrogen-bond donors (Lipinski definition) is 1. The number of anilines is 1. The highest BCUT2D eigenvalue weighted by molar-refractivity contribution is 5.53. The van der Waals surface area contributed by atoms with E-state index in [9.17, 15) is 0 Å². The molecule has 0 aliphatic heterocycles. The van der Waals surface area contributed by atoms with Gasteiger partial charge in [0.25, 0.3) is 0 Å². The molecular formula is C15H25NO. The fourth-order valence-corrected chi connectivity index (χ4v) is 1.62. The first-order chi connectivity index (χ1) is 8.11. The number of ether oxygens (including phenoxy) is 1. The molecule has 0 aliphatic rings. The van der Waals surface area contributed by atoms with Gasteiger partial charge in [-0.15, -0.1) is 0 Å². The van der Waals surface area contributed by atoms with E-state index in [1.54, 1.807) is 0 Å². The summed E-state index contributed by atoms with van der Waals surface area (Å²) < 4.78 is 5.57. The van der Waals surface area contributed by atoms with E-state index >= 15 is 0 Å². The third-order valence-corrected chi connectivity index (χ3v) is 3.01. The number of hydrogen-bond acceptors (Lipinski definition) is 2. The van der Waals surface area contributed by atoms with Crippen LogP contribution >= 0.6 is 0 Å². The first-order valence-electron chi connectivity index (χ1n) is 6.49. The van der Waals surface area contributed by atoms with E-state index < -0.39 is 0 Å². The van der Waals surface area contributed by atoms with E-state index in [0.717, 1.165) is 32.1 Å². The molecule has 0 bridgehead atoms. The second kappa shape index (κ2) is 7.33. The largest absolute Gasteiger partial charge is 0.383 e. The molecule has 0 radical (unpaired) electrons. The Kier molecular flexibility index (Phi) is 6.06. The zero-order valence-corrected chi connectivity index (χ0v) is 11.5. The van der Waals surface area contributed by atoms with Crippen LogP contribution in [0.5, 0.6) is 0 Å². The Balaban J connectivity index is 2.20. The van der Waals surface area contributed by atoms with E-state index in [1.165, 1.54) is 16.8 Å². The fraction of sp³-hybridized carbons (Fsp3) is 0.600. The van der Waals surface area contributed by atoms with Crippen LogP contribution in [-0.2, 0) is 4.74 Å². The summed E-state index contributed by atoms with van der Waals surface area (Å²) in [4.78, 5) is 0. The Morgan fingerprint density at radius 3 is 2.65 bits per heavy atom. The lowest BCUT2D eigenvalue weighted by Crippen LogP contribution is -2.11. The van der Waals surface area contributed by atoms with Gasteiger partial charge in [-0.1, -0.05) is 26.0 Å². The molecule has 2 nitrogen and oxygen atoms in total. The molecule has 0 aromatic heterocycles. The highest BCUT2D eigenvalue weighted by atomic mass is 16.5. The van der Waals surface area contributed by atoms with Crippen LogP contribution in [0, 0.1) is 19.8 Å². The second-order valence-electron chi connectivity index (χ2n) is 4.97. The maximum Gasteiger partial charge on any atom is 0.0639 e. The molecule has 0 spiro atoms. The zero-order valence-electron chi connectivity index (χ0n) is 11.5. The minimum absolute atomic E-state index is 0.724. The molecule has 96 valence electrons. The van der Waals surface area contributed by atoms with Crippen LogP contribution in [0.15, 0.2) is 18.2 Å². The monoisotopic (exact) mass is 235 g/mol. The average molecular weight is 235 g/mol. The lowest BCUT2D eigenvalue weighted by atomic mass is 10.1. The van der Waals surface area contributed by atoms with Gasteiger partial charge in [-0.25, -0.2) is 0 Å². The number of aryl methyl sites for hydroxylation is 1. The number of nitrogens with one attached hydrogen (secondary N) is 1. The Labute approximate surface area is 105 Å². The molecular weight excluding hydrogens is 210 g/mol. The van der Waals surface area contributed by atoms with Crippen molar-refractivity contribution < 1.29 is 4.74 Å². The number of benzene rings is 1. The summed E-state index contributed by atoms with van der Waals surface area (Å²) in [5, 5.41) is 3.42. The summed E-state index contributed by atoms with van der Waals surface area (Å²) in [5.41, 5.74) is 3.88. The molecule has 17 heavy (non-hydrogen) atoms. The van der Waals surface area contributed by atoms with Gasteiger partial charge >= 0.3 is 0 Å². The van der Waals surface area contributed by atoms with Gasteiger partial charge in [0.15, 0.2) is 0 Å². The van der Waals surface area contributed by atoms with Crippen LogP contribution in [0.4, 0.5) is 5.69 Å². The summed E-state index contributed by atoms with van der Waals surface area (Å²) >= 11 is 0. The topological polar surface area (TPSA) is 21.3 Å². The van der Waals surface area contributed by atoms with Crippen molar-refractivity contribution in [1.29, 1.82) is 0 Å². The number of rotatable bonds is 7. The lowest BCUT2D eigenvalue weighted by Gasteiger charge is -2.12. The molecule has 2 heteroatoms. The Morgan fingerprint density at radius 1 is 1.18 bits per heavy atom. The Bertz CT molecular complexity index is 334. The summed E-state index contributed by atoms with van der Waals surface area (Å²) in [5.74, 6) is 0.724. The van der Waals surface area contributed by atoms with Crippen LogP contribution in [0.3, 0.4) is 0 Å². The van der Waals surface area contributed by atoms with Crippen molar-refractivity contribution in [2.24, 2.45) is 5.92 Å². The first kappa shape index (κ1) is 14.0. The van der Waals surface area contributed by atoms with Crippen molar-refractivity contribution in [2.45, 2.75) is 34.1 Å². The Hall–Kier alpha value is -1.02. The molecule has 1 aromatic rings. The van der Waals surface area contributed by atoms with Crippen molar-refractivity contribution in [3.63, 3.8) is 0 Å². The predicted molar refractivity (Wildman–Crippen MR) is 74.7 cm³/mol. The molecule has 0 fully saturated rings. The van der Waals surface area contributed by atoms with Crippen LogP contribution in [0.1, 0.15) is 31.4 Å². The van der Waals surface area contributed by atoms with E-state index in [0.29, 0.717) is 0 Å². The molecule has 0 unspecified atom stereocenters. The lowest BCUT2D eigenvalue weighted by molar-refractivity contribution is 0.132. The predicted octanol–water partition coefficient (Wildman–Crippen LogP) is 3.78. The zero-order chi connectivity index (χ0) is 12.7. The molecule has 0 saturated heterocycles. The molecule has 0 heterocycles. The van der Waals surface area contributed by atoms with Crippen molar-refractivity contribution in [3.8, 4) is 0 Å². The van der Waals surface area contributed by atoms with E-state index in [2.05, 4.69) is 51.2 Å². The summed E-state index contributed by atoms with van der Waals surface area (Å²) in [6.45, 7) is 11.3. The Morgan fingerprint density at radius 2 is 1.94 bits per heavy atom. The van der Waals surface area contributed by atoms with Gasteiger partial charge in [0.1, 0.15) is 0 Å². The summed E-state index contributed by atoms with van der Waals surface area (Å²) in [6.07, 6.45) is 1.14. The molecule has 1 aromatic carbocycles. The smallest absolute Gasteiger partial charge is 0.0639 e. The van der Waals surface area contributed by atoms with E-state index in [4.69, 9.17) is 4.74 Å². The third kappa shape index (κ3) is 5.22. The molecule has 0 amide bonds. The molecule has 0 atom stereocenters. The van der Waals surface area contributed by atoms with Crippen LogP contribution in [-0.4, -0.2) is 19.8 Å². The normalized spacial score (nSPS) is 10.9. The average Bonchev–Trinajstić information content (AvgIpc) is 2.28. The van der Waals surface area contributed by atoms with Crippen LogP contribution in [0.25, 0.3) is 0 Å². The van der Waals surface area contributed by atoms with Gasteiger partial charge in [0.2, 0.25) is 0 Å². The van der Waals surface area contributed by atoms with Gasteiger partial charge < -0.3 is 10.1 Å². The second-order valence-corrected chi connectivity index (χ2v) is 4.97. The standard InChI is InChI=1S/C15H25NO/c1-12(2)8-10-17-11-9-16-15-7-5-6-13(3)14(15)4/h5-7,12,16H,8-11H2,1-4H3. The fourth-order valence-electron chi connectivity index (χ4n) is 1.62. The van der Waals surface area contributed by atoms with E-state index in [-0.39, 0.29) is 0 Å². The molecule has 1 N–H and O–H groups in total. The maximum absolute atomic E-state index is 5.57. The third-order valence-electron chi connectivity index (χ3n) is 3.01. The van der Waals surface area contributed by atoms with Gasteiger partial charge in [-0.05, 0) is 43.4 Å². The summed E-state index contributed by atoms with van der Waals surface area (Å²) in [7, 11) is 0. The molecule has 0 aliphatic carbocycles. The van der Waals surface area contributed by atoms with Gasteiger partial charge in [0.05, 0.1) is 6.61 Å². The maximum atomic E-state index is 5.57. The SMILES string of the molecule is Cc1cccc(NCCOCCC(C)C)c1C. The van der Waals surface area contributed by atoms with Gasteiger partial charge in [-0.3, -0.25) is 0 Å². The molecule has 1 rings (SSSR count). The van der Waals surface area contributed by atoms with Gasteiger partial charge in [0, 0.05) is 18.8 Å². The highest BCUT2D eigenvalue weighted by Crippen LogP contribution is 2.17.